The molecule has 1 saturated carbocycles. The van der Waals surface area contributed by atoms with Gasteiger partial charge in [0.05, 0.1) is 0 Å². The van der Waals surface area contributed by atoms with Crippen LogP contribution < -0.4 is 10.1 Å². The van der Waals surface area contributed by atoms with Gasteiger partial charge in [0.15, 0.2) is 0 Å². The van der Waals surface area contributed by atoms with Crippen molar-refractivity contribution in [2.45, 2.75) is 58.4 Å². The van der Waals surface area contributed by atoms with Crippen molar-refractivity contribution in [3.05, 3.63) is 28.3 Å². The minimum atomic E-state index is 0.690. The molecule has 3 heteroatoms. The van der Waals surface area contributed by atoms with Crippen molar-refractivity contribution >= 4 is 11.6 Å². The Balaban J connectivity index is 1.73. The van der Waals surface area contributed by atoms with Gasteiger partial charge in [0.25, 0.3) is 0 Å². The van der Waals surface area contributed by atoms with Gasteiger partial charge in [-0.05, 0) is 49.9 Å². The lowest BCUT2D eigenvalue weighted by atomic mass is 10.1. The molecular formula is C17H26ClNO. The second-order valence-corrected chi connectivity index (χ2v) is 6.24. The molecule has 0 saturated heterocycles. The Kier molecular flexibility index (Phi) is 6.18. The lowest BCUT2D eigenvalue weighted by Crippen LogP contribution is -2.32. The van der Waals surface area contributed by atoms with E-state index < -0.39 is 0 Å². The van der Waals surface area contributed by atoms with Gasteiger partial charge in [0.1, 0.15) is 12.4 Å². The van der Waals surface area contributed by atoms with Gasteiger partial charge in [-0.2, -0.15) is 0 Å². The van der Waals surface area contributed by atoms with Crippen molar-refractivity contribution < 1.29 is 4.74 Å². The van der Waals surface area contributed by atoms with Gasteiger partial charge >= 0.3 is 0 Å². The number of halogens is 1. The molecule has 0 bridgehead atoms. The number of nitrogens with one attached hydrogen (secondary N) is 1. The SMILES string of the molecule is Cc1cc(OCCNC2CCCCCC2)cc(C)c1Cl. The van der Waals surface area contributed by atoms with Crippen molar-refractivity contribution in [2.75, 3.05) is 13.2 Å². The molecule has 20 heavy (non-hydrogen) atoms. The molecule has 0 spiro atoms. The molecule has 0 unspecified atom stereocenters. The van der Waals surface area contributed by atoms with Crippen molar-refractivity contribution in [1.29, 1.82) is 0 Å². The van der Waals surface area contributed by atoms with Crippen LogP contribution in [0.4, 0.5) is 0 Å². The summed E-state index contributed by atoms with van der Waals surface area (Å²) in [6, 6.07) is 4.72. The van der Waals surface area contributed by atoms with Gasteiger partial charge in [-0.25, -0.2) is 0 Å². The van der Waals surface area contributed by atoms with Gasteiger partial charge in [-0.3, -0.25) is 0 Å². The van der Waals surface area contributed by atoms with E-state index in [0.717, 1.165) is 35.1 Å². The molecule has 1 aromatic rings. The standard InChI is InChI=1S/C17H26ClNO/c1-13-11-16(12-14(2)17(13)18)20-10-9-19-15-7-5-3-4-6-8-15/h11-12,15,19H,3-10H2,1-2H3. The van der Waals surface area contributed by atoms with E-state index in [4.69, 9.17) is 16.3 Å². The molecule has 112 valence electrons. The predicted octanol–water partition coefficient (Wildman–Crippen LogP) is 4.65. The van der Waals surface area contributed by atoms with Crippen LogP contribution in [0, 0.1) is 13.8 Å². The van der Waals surface area contributed by atoms with Gasteiger partial charge in [0, 0.05) is 17.6 Å². The quantitative estimate of drug-likeness (QED) is 0.631. The van der Waals surface area contributed by atoms with Crippen molar-refractivity contribution in [3.8, 4) is 5.75 Å². The summed E-state index contributed by atoms with van der Waals surface area (Å²) < 4.78 is 5.82. The zero-order valence-corrected chi connectivity index (χ0v) is 13.4. The highest BCUT2D eigenvalue weighted by atomic mass is 35.5. The summed E-state index contributed by atoms with van der Waals surface area (Å²) in [6.07, 6.45) is 8.18. The number of aryl methyl sites for hydroxylation is 2. The van der Waals surface area contributed by atoms with Crippen LogP contribution >= 0.6 is 11.6 Å². The Hall–Kier alpha value is -0.730. The zero-order valence-electron chi connectivity index (χ0n) is 12.7. The van der Waals surface area contributed by atoms with Crippen molar-refractivity contribution in [2.24, 2.45) is 0 Å². The summed E-state index contributed by atoms with van der Waals surface area (Å²) in [6.45, 7) is 5.68. The lowest BCUT2D eigenvalue weighted by Gasteiger charge is -2.16. The minimum Gasteiger partial charge on any atom is -0.492 e. The van der Waals surface area contributed by atoms with Crippen LogP contribution in [0.3, 0.4) is 0 Å². The summed E-state index contributed by atoms with van der Waals surface area (Å²) in [5.41, 5.74) is 2.16. The molecule has 0 atom stereocenters. The Labute approximate surface area is 127 Å². The number of hydrogen-bond donors (Lipinski definition) is 1. The zero-order chi connectivity index (χ0) is 14.4. The van der Waals surface area contributed by atoms with E-state index in [1.54, 1.807) is 0 Å². The molecule has 1 fully saturated rings. The smallest absolute Gasteiger partial charge is 0.119 e. The predicted molar refractivity (Wildman–Crippen MR) is 85.9 cm³/mol. The summed E-state index contributed by atoms with van der Waals surface area (Å²) in [5.74, 6) is 0.923. The highest BCUT2D eigenvalue weighted by molar-refractivity contribution is 6.32. The Bertz CT molecular complexity index is 402. The van der Waals surface area contributed by atoms with E-state index >= 15 is 0 Å². The minimum absolute atomic E-state index is 0.690. The van der Waals surface area contributed by atoms with E-state index in [1.165, 1.54) is 38.5 Å². The van der Waals surface area contributed by atoms with Crippen LogP contribution in [0.15, 0.2) is 12.1 Å². The van der Waals surface area contributed by atoms with Gasteiger partial charge < -0.3 is 10.1 Å². The fraction of sp³-hybridized carbons (Fsp3) is 0.647. The third-order valence-electron chi connectivity index (χ3n) is 4.07. The lowest BCUT2D eigenvalue weighted by molar-refractivity contribution is 0.300. The first-order chi connectivity index (χ1) is 9.66. The fourth-order valence-electron chi connectivity index (χ4n) is 2.90. The topological polar surface area (TPSA) is 21.3 Å². The van der Waals surface area contributed by atoms with Gasteiger partial charge in [-0.1, -0.05) is 37.3 Å². The molecule has 1 N–H and O–H groups in total. The van der Waals surface area contributed by atoms with Crippen molar-refractivity contribution in [1.82, 2.24) is 5.32 Å². The number of hydrogen-bond acceptors (Lipinski definition) is 2. The van der Waals surface area contributed by atoms with E-state index in [2.05, 4.69) is 5.32 Å². The number of rotatable bonds is 5. The second kappa shape index (κ2) is 7.90. The highest BCUT2D eigenvalue weighted by Gasteiger charge is 2.11. The average molecular weight is 296 g/mol. The Morgan fingerprint density at radius 2 is 1.70 bits per heavy atom. The van der Waals surface area contributed by atoms with Crippen LogP contribution in [0.25, 0.3) is 0 Å². The third kappa shape index (κ3) is 4.68. The van der Waals surface area contributed by atoms with E-state index in [1.807, 2.05) is 26.0 Å². The first kappa shape index (κ1) is 15.7. The fourth-order valence-corrected chi connectivity index (χ4v) is 3.01. The maximum atomic E-state index is 6.16. The molecule has 0 heterocycles. The van der Waals surface area contributed by atoms with Crippen LogP contribution in [0.5, 0.6) is 5.75 Å². The summed E-state index contributed by atoms with van der Waals surface area (Å²) >= 11 is 6.16. The first-order valence-electron chi connectivity index (χ1n) is 7.80. The molecular weight excluding hydrogens is 270 g/mol. The molecule has 0 amide bonds. The Morgan fingerprint density at radius 1 is 1.10 bits per heavy atom. The van der Waals surface area contributed by atoms with Crippen LogP contribution in [0.2, 0.25) is 5.02 Å². The first-order valence-corrected chi connectivity index (χ1v) is 8.17. The molecule has 1 aromatic carbocycles. The van der Waals surface area contributed by atoms with Crippen LogP contribution in [-0.4, -0.2) is 19.2 Å². The van der Waals surface area contributed by atoms with Gasteiger partial charge in [0.2, 0.25) is 0 Å². The molecule has 1 aliphatic carbocycles. The Morgan fingerprint density at radius 3 is 2.30 bits per heavy atom. The highest BCUT2D eigenvalue weighted by Crippen LogP contribution is 2.25. The van der Waals surface area contributed by atoms with E-state index in [0.29, 0.717) is 6.04 Å². The maximum Gasteiger partial charge on any atom is 0.119 e. The largest absolute Gasteiger partial charge is 0.492 e. The molecule has 0 aliphatic heterocycles. The second-order valence-electron chi connectivity index (χ2n) is 5.86. The van der Waals surface area contributed by atoms with E-state index in [-0.39, 0.29) is 0 Å². The molecule has 2 nitrogen and oxygen atoms in total. The summed E-state index contributed by atoms with van der Waals surface area (Å²) in [5, 5.41) is 4.46. The number of ether oxygens (including phenoxy) is 1. The summed E-state index contributed by atoms with van der Waals surface area (Å²) in [4.78, 5) is 0. The van der Waals surface area contributed by atoms with Crippen LogP contribution in [0.1, 0.15) is 49.7 Å². The molecule has 0 aromatic heterocycles. The molecule has 0 radical (unpaired) electrons. The van der Waals surface area contributed by atoms with Crippen LogP contribution in [-0.2, 0) is 0 Å². The van der Waals surface area contributed by atoms with E-state index in [9.17, 15) is 0 Å². The maximum absolute atomic E-state index is 6.16. The van der Waals surface area contributed by atoms with Crippen molar-refractivity contribution in [3.63, 3.8) is 0 Å². The summed E-state index contributed by atoms with van der Waals surface area (Å²) in [7, 11) is 0. The molecule has 2 rings (SSSR count). The third-order valence-corrected chi connectivity index (χ3v) is 4.67. The average Bonchev–Trinajstić information content (AvgIpc) is 2.69. The molecule has 1 aliphatic rings. The normalized spacial score (nSPS) is 16.9. The van der Waals surface area contributed by atoms with Gasteiger partial charge in [-0.15, -0.1) is 0 Å². The number of benzene rings is 1. The monoisotopic (exact) mass is 295 g/mol.